The third-order valence-corrected chi connectivity index (χ3v) is 4.22. The second-order valence-electron chi connectivity index (χ2n) is 6.69. The number of carboxylic acids is 2. The van der Waals surface area contributed by atoms with Crippen molar-refractivity contribution in [3.8, 4) is 0 Å². The standard InChI is InChI=1S/C19H26N4O7/c20-12(6-9-16(25)26)17(27)23-14(10-11-4-2-1-3-5-11)18(28)22-13(19(29)30)7-8-15(21)24/h1-5,12-14H,6-10,20H2,(H2,21,24)(H,22,28)(H,23,27)(H,25,26)(H,29,30)/t12-,13-,14-/m0/s1. The lowest BCUT2D eigenvalue weighted by atomic mass is 10.0. The molecule has 1 rings (SSSR count). The molecule has 0 saturated carbocycles. The van der Waals surface area contributed by atoms with Crippen molar-refractivity contribution >= 4 is 29.7 Å². The molecule has 164 valence electrons. The molecule has 8 N–H and O–H groups in total. The lowest BCUT2D eigenvalue weighted by molar-refractivity contribution is -0.142. The van der Waals surface area contributed by atoms with E-state index >= 15 is 0 Å². The van der Waals surface area contributed by atoms with Crippen LogP contribution in [0.4, 0.5) is 0 Å². The molecule has 1 aromatic carbocycles. The van der Waals surface area contributed by atoms with Gasteiger partial charge in [0, 0.05) is 19.3 Å². The van der Waals surface area contributed by atoms with Crippen LogP contribution in [0, 0.1) is 0 Å². The molecule has 11 nitrogen and oxygen atoms in total. The maximum absolute atomic E-state index is 12.7. The molecule has 1 aromatic rings. The molecule has 0 saturated heterocycles. The van der Waals surface area contributed by atoms with Crippen molar-refractivity contribution < 1.29 is 34.2 Å². The van der Waals surface area contributed by atoms with Gasteiger partial charge in [-0.15, -0.1) is 0 Å². The molecule has 0 fully saturated rings. The molecule has 30 heavy (non-hydrogen) atoms. The van der Waals surface area contributed by atoms with E-state index in [9.17, 15) is 29.1 Å². The summed E-state index contributed by atoms with van der Waals surface area (Å²) in [6.07, 6.45) is -0.852. The minimum atomic E-state index is -1.37. The van der Waals surface area contributed by atoms with Crippen molar-refractivity contribution in [3.05, 3.63) is 35.9 Å². The van der Waals surface area contributed by atoms with E-state index in [0.29, 0.717) is 5.56 Å². The van der Waals surface area contributed by atoms with E-state index in [1.807, 2.05) is 0 Å². The Bertz CT molecular complexity index is 769. The molecule has 0 spiro atoms. The molecule has 0 aliphatic carbocycles. The Morgan fingerprint density at radius 1 is 0.867 bits per heavy atom. The molecule has 0 heterocycles. The van der Waals surface area contributed by atoms with Crippen LogP contribution in [0.3, 0.4) is 0 Å². The summed E-state index contributed by atoms with van der Waals surface area (Å²) in [4.78, 5) is 58.0. The number of benzene rings is 1. The number of hydrogen-bond acceptors (Lipinski definition) is 6. The minimum absolute atomic E-state index is 0.0478. The SMILES string of the molecule is NC(=O)CC[C@H](NC(=O)[C@H](Cc1ccccc1)NC(=O)[C@@H](N)CCC(=O)O)C(=O)O. The van der Waals surface area contributed by atoms with Crippen LogP contribution in [0.25, 0.3) is 0 Å². The summed E-state index contributed by atoms with van der Waals surface area (Å²) in [5.41, 5.74) is 11.4. The van der Waals surface area contributed by atoms with E-state index in [-0.39, 0.29) is 32.1 Å². The molecule has 0 aliphatic rings. The van der Waals surface area contributed by atoms with Crippen molar-refractivity contribution in [1.29, 1.82) is 0 Å². The summed E-state index contributed by atoms with van der Waals surface area (Å²) in [6.45, 7) is 0. The fourth-order valence-corrected chi connectivity index (χ4v) is 2.56. The van der Waals surface area contributed by atoms with Gasteiger partial charge in [-0.05, 0) is 18.4 Å². The van der Waals surface area contributed by atoms with Gasteiger partial charge in [0.05, 0.1) is 6.04 Å². The fourth-order valence-electron chi connectivity index (χ4n) is 2.56. The average Bonchev–Trinajstić information content (AvgIpc) is 2.68. The van der Waals surface area contributed by atoms with E-state index in [1.165, 1.54) is 0 Å². The van der Waals surface area contributed by atoms with Gasteiger partial charge in [-0.25, -0.2) is 4.79 Å². The van der Waals surface area contributed by atoms with Crippen LogP contribution in [0.1, 0.15) is 31.2 Å². The number of aliphatic carboxylic acids is 2. The maximum atomic E-state index is 12.7. The Hall–Kier alpha value is -3.47. The highest BCUT2D eigenvalue weighted by molar-refractivity contribution is 5.92. The van der Waals surface area contributed by atoms with Crippen LogP contribution in [0.15, 0.2) is 30.3 Å². The number of nitrogens with one attached hydrogen (secondary N) is 2. The normalized spacial score (nSPS) is 13.5. The average molecular weight is 422 g/mol. The fraction of sp³-hybridized carbons (Fsp3) is 0.421. The number of carbonyl (C=O) groups is 5. The molecule has 0 unspecified atom stereocenters. The third-order valence-electron chi connectivity index (χ3n) is 4.22. The van der Waals surface area contributed by atoms with Gasteiger partial charge in [0.2, 0.25) is 17.7 Å². The van der Waals surface area contributed by atoms with Gasteiger partial charge in [0.15, 0.2) is 0 Å². The van der Waals surface area contributed by atoms with Crippen LogP contribution in [0.5, 0.6) is 0 Å². The number of nitrogens with two attached hydrogens (primary N) is 2. The minimum Gasteiger partial charge on any atom is -0.481 e. The first-order chi connectivity index (χ1) is 14.1. The van der Waals surface area contributed by atoms with Crippen molar-refractivity contribution in [3.63, 3.8) is 0 Å². The molecule has 3 amide bonds. The predicted molar refractivity (Wildman–Crippen MR) is 105 cm³/mol. The van der Waals surface area contributed by atoms with E-state index < -0.39 is 47.8 Å². The number of amides is 3. The Labute approximate surface area is 172 Å². The van der Waals surface area contributed by atoms with Gasteiger partial charge in [0.25, 0.3) is 0 Å². The van der Waals surface area contributed by atoms with E-state index in [1.54, 1.807) is 30.3 Å². The van der Waals surface area contributed by atoms with E-state index in [0.717, 1.165) is 0 Å². The summed E-state index contributed by atoms with van der Waals surface area (Å²) in [7, 11) is 0. The number of carboxylic acid groups (broad SMARTS) is 2. The quantitative estimate of drug-likeness (QED) is 0.226. The molecule has 0 aliphatic heterocycles. The lowest BCUT2D eigenvalue weighted by Gasteiger charge is -2.23. The number of carbonyl (C=O) groups excluding carboxylic acids is 3. The molecular formula is C19H26N4O7. The monoisotopic (exact) mass is 422 g/mol. The summed E-state index contributed by atoms with van der Waals surface area (Å²) >= 11 is 0. The van der Waals surface area contributed by atoms with Crippen molar-refractivity contribution in [2.45, 2.75) is 50.2 Å². The first-order valence-corrected chi connectivity index (χ1v) is 9.23. The Balaban J connectivity index is 2.91. The zero-order chi connectivity index (χ0) is 22.7. The molecular weight excluding hydrogens is 396 g/mol. The molecule has 0 radical (unpaired) electrons. The zero-order valence-electron chi connectivity index (χ0n) is 16.2. The van der Waals surface area contributed by atoms with Gasteiger partial charge in [-0.1, -0.05) is 30.3 Å². The van der Waals surface area contributed by atoms with Crippen molar-refractivity contribution in [2.75, 3.05) is 0 Å². The van der Waals surface area contributed by atoms with Crippen molar-refractivity contribution in [2.24, 2.45) is 11.5 Å². The van der Waals surface area contributed by atoms with Gasteiger partial charge in [-0.2, -0.15) is 0 Å². The van der Waals surface area contributed by atoms with Crippen LogP contribution >= 0.6 is 0 Å². The van der Waals surface area contributed by atoms with Gasteiger partial charge in [-0.3, -0.25) is 19.2 Å². The summed E-state index contributed by atoms with van der Waals surface area (Å²) in [6, 6.07) is 4.99. The number of rotatable bonds is 13. The first kappa shape index (κ1) is 24.6. The van der Waals surface area contributed by atoms with Crippen LogP contribution in [0.2, 0.25) is 0 Å². The summed E-state index contributed by atoms with van der Waals surface area (Å²) in [5, 5.41) is 22.7. The van der Waals surface area contributed by atoms with E-state index in [4.69, 9.17) is 16.6 Å². The van der Waals surface area contributed by atoms with Crippen LogP contribution < -0.4 is 22.1 Å². The first-order valence-electron chi connectivity index (χ1n) is 9.23. The second-order valence-corrected chi connectivity index (χ2v) is 6.69. The molecule has 11 heteroatoms. The Kier molecular flexibility index (Phi) is 9.97. The summed E-state index contributed by atoms with van der Waals surface area (Å²) < 4.78 is 0. The van der Waals surface area contributed by atoms with Crippen LogP contribution in [-0.4, -0.2) is 58.0 Å². The molecule has 0 bridgehead atoms. The summed E-state index contributed by atoms with van der Waals surface area (Å²) in [5.74, 6) is -4.71. The second kappa shape index (κ2) is 12.2. The number of primary amides is 1. The smallest absolute Gasteiger partial charge is 0.326 e. The van der Waals surface area contributed by atoms with Gasteiger partial charge < -0.3 is 32.3 Å². The van der Waals surface area contributed by atoms with Crippen LogP contribution in [-0.2, 0) is 30.4 Å². The highest BCUT2D eigenvalue weighted by Crippen LogP contribution is 2.06. The highest BCUT2D eigenvalue weighted by Gasteiger charge is 2.28. The van der Waals surface area contributed by atoms with E-state index in [2.05, 4.69) is 10.6 Å². The number of hydrogen-bond donors (Lipinski definition) is 6. The van der Waals surface area contributed by atoms with Gasteiger partial charge in [0.1, 0.15) is 12.1 Å². The predicted octanol–water partition coefficient (Wildman–Crippen LogP) is -1.26. The Morgan fingerprint density at radius 3 is 2.00 bits per heavy atom. The lowest BCUT2D eigenvalue weighted by Crippen LogP contribution is -2.55. The third kappa shape index (κ3) is 9.15. The largest absolute Gasteiger partial charge is 0.481 e. The molecule has 0 aromatic heterocycles. The van der Waals surface area contributed by atoms with Crippen molar-refractivity contribution in [1.82, 2.24) is 10.6 Å². The molecule has 3 atom stereocenters. The van der Waals surface area contributed by atoms with Gasteiger partial charge >= 0.3 is 11.9 Å². The topological polar surface area (TPSA) is 202 Å². The highest BCUT2D eigenvalue weighted by atomic mass is 16.4. The zero-order valence-corrected chi connectivity index (χ0v) is 16.2. The Morgan fingerprint density at radius 2 is 1.47 bits per heavy atom. The maximum Gasteiger partial charge on any atom is 0.326 e.